The minimum Gasteiger partial charge on any atom is -0.361 e. The van der Waals surface area contributed by atoms with Crippen LogP contribution < -0.4 is 0 Å². The molecule has 86 valence electrons. The second kappa shape index (κ2) is 3.86. The fourth-order valence-corrected chi connectivity index (χ4v) is 2.54. The summed E-state index contributed by atoms with van der Waals surface area (Å²) in [7, 11) is 0. The number of ether oxygens (including phenoxy) is 1. The molecule has 0 aliphatic carbocycles. The van der Waals surface area contributed by atoms with Crippen molar-refractivity contribution in [2.24, 2.45) is 0 Å². The highest BCUT2D eigenvalue weighted by molar-refractivity contribution is 6.30. The lowest BCUT2D eigenvalue weighted by Crippen LogP contribution is -2.22. The van der Waals surface area contributed by atoms with E-state index in [1.165, 1.54) is 11.1 Å². The van der Waals surface area contributed by atoms with Gasteiger partial charge in [0.25, 0.3) is 0 Å². The Morgan fingerprint density at radius 2 is 1.76 bits per heavy atom. The van der Waals surface area contributed by atoms with Gasteiger partial charge in [0.2, 0.25) is 0 Å². The summed E-state index contributed by atoms with van der Waals surface area (Å²) < 4.78 is 5.99. The molecule has 0 bridgehead atoms. The molecule has 2 heteroatoms. The molecule has 3 rings (SSSR count). The number of benzene rings is 2. The number of fused-ring (bicyclic) bond motifs is 1. The SMILES string of the molecule is CC1(c2ccc(Cl)cc2)OCc2ccccc21. The third-order valence-corrected chi connectivity index (χ3v) is 3.69. The van der Waals surface area contributed by atoms with Gasteiger partial charge in [0, 0.05) is 5.02 Å². The summed E-state index contributed by atoms with van der Waals surface area (Å²) >= 11 is 5.92. The third kappa shape index (κ3) is 1.67. The molecule has 1 atom stereocenters. The first-order chi connectivity index (χ1) is 8.20. The Hall–Kier alpha value is -1.31. The maximum absolute atomic E-state index is 5.99. The van der Waals surface area contributed by atoms with E-state index in [0.717, 1.165) is 10.6 Å². The molecule has 0 aromatic heterocycles. The zero-order valence-electron chi connectivity index (χ0n) is 9.61. The summed E-state index contributed by atoms with van der Waals surface area (Å²) in [5, 5.41) is 0.753. The van der Waals surface area contributed by atoms with E-state index < -0.39 is 0 Å². The van der Waals surface area contributed by atoms with Gasteiger partial charge in [-0.25, -0.2) is 0 Å². The Balaban J connectivity index is 2.12. The third-order valence-electron chi connectivity index (χ3n) is 3.44. The smallest absolute Gasteiger partial charge is 0.116 e. The number of halogens is 1. The molecule has 1 heterocycles. The highest BCUT2D eigenvalue weighted by Crippen LogP contribution is 2.41. The van der Waals surface area contributed by atoms with E-state index >= 15 is 0 Å². The lowest BCUT2D eigenvalue weighted by Gasteiger charge is -2.25. The molecule has 1 aliphatic heterocycles. The van der Waals surface area contributed by atoms with Crippen molar-refractivity contribution in [1.82, 2.24) is 0 Å². The Morgan fingerprint density at radius 1 is 1.06 bits per heavy atom. The molecule has 0 saturated heterocycles. The van der Waals surface area contributed by atoms with Crippen LogP contribution in [0.4, 0.5) is 0 Å². The van der Waals surface area contributed by atoms with Crippen LogP contribution in [-0.4, -0.2) is 0 Å². The van der Waals surface area contributed by atoms with E-state index in [-0.39, 0.29) is 5.60 Å². The topological polar surface area (TPSA) is 9.23 Å². The van der Waals surface area contributed by atoms with E-state index in [1.54, 1.807) is 0 Å². The zero-order chi connectivity index (χ0) is 11.9. The van der Waals surface area contributed by atoms with Crippen LogP contribution in [0.5, 0.6) is 0 Å². The van der Waals surface area contributed by atoms with Gasteiger partial charge in [0.1, 0.15) is 5.60 Å². The first kappa shape index (κ1) is 10.8. The molecule has 0 N–H and O–H groups in total. The van der Waals surface area contributed by atoms with E-state index in [2.05, 4.69) is 31.2 Å². The second-order valence-electron chi connectivity index (χ2n) is 4.49. The van der Waals surface area contributed by atoms with E-state index in [1.807, 2.05) is 24.3 Å². The fourth-order valence-electron chi connectivity index (χ4n) is 2.42. The Kier molecular flexibility index (Phi) is 2.46. The molecule has 0 spiro atoms. The zero-order valence-corrected chi connectivity index (χ0v) is 10.4. The van der Waals surface area contributed by atoms with Crippen LogP contribution in [0.2, 0.25) is 5.02 Å². The normalized spacial score (nSPS) is 22.5. The minimum atomic E-state index is -0.346. The largest absolute Gasteiger partial charge is 0.361 e. The molecule has 1 aliphatic rings. The van der Waals surface area contributed by atoms with E-state index in [0.29, 0.717) is 6.61 Å². The summed E-state index contributed by atoms with van der Waals surface area (Å²) in [4.78, 5) is 0. The van der Waals surface area contributed by atoms with Crippen LogP contribution in [0, 0.1) is 0 Å². The number of hydrogen-bond acceptors (Lipinski definition) is 1. The predicted octanol–water partition coefficient (Wildman–Crippen LogP) is 4.13. The molecule has 0 amide bonds. The van der Waals surface area contributed by atoms with Crippen molar-refractivity contribution in [3.8, 4) is 0 Å². The first-order valence-electron chi connectivity index (χ1n) is 5.68. The van der Waals surface area contributed by atoms with Crippen LogP contribution >= 0.6 is 11.6 Å². The van der Waals surface area contributed by atoms with E-state index in [9.17, 15) is 0 Å². The van der Waals surface area contributed by atoms with Gasteiger partial charge in [-0.15, -0.1) is 0 Å². The summed E-state index contributed by atoms with van der Waals surface area (Å²) in [5.74, 6) is 0. The van der Waals surface area contributed by atoms with Crippen molar-refractivity contribution in [2.75, 3.05) is 0 Å². The van der Waals surface area contributed by atoms with Crippen molar-refractivity contribution in [2.45, 2.75) is 19.1 Å². The molecular weight excluding hydrogens is 232 g/mol. The van der Waals surface area contributed by atoms with Crippen LogP contribution in [0.15, 0.2) is 48.5 Å². The summed E-state index contributed by atoms with van der Waals surface area (Å²) in [6.45, 7) is 2.79. The summed E-state index contributed by atoms with van der Waals surface area (Å²) in [6, 6.07) is 16.2. The molecule has 0 fully saturated rings. The van der Waals surface area contributed by atoms with Crippen LogP contribution in [0.25, 0.3) is 0 Å². The Labute approximate surface area is 106 Å². The molecular formula is C15H13ClO. The fraction of sp³-hybridized carbons (Fsp3) is 0.200. The summed E-state index contributed by atoms with van der Waals surface area (Å²) in [6.07, 6.45) is 0. The van der Waals surface area contributed by atoms with Crippen molar-refractivity contribution in [3.05, 3.63) is 70.2 Å². The van der Waals surface area contributed by atoms with Gasteiger partial charge < -0.3 is 4.74 Å². The van der Waals surface area contributed by atoms with Gasteiger partial charge in [-0.05, 0) is 35.7 Å². The standard InChI is InChI=1S/C15H13ClO/c1-15(12-6-8-13(16)9-7-12)14-5-3-2-4-11(14)10-17-15/h2-9H,10H2,1H3. The van der Waals surface area contributed by atoms with Gasteiger partial charge >= 0.3 is 0 Å². The quantitative estimate of drug-likeness (QED) is 0.733. The molecule has 1 unspecified atom stereocenters. The number of hydrogen-bond donors (Lipinski definition) is 0. The van der Waals surface area contributed by atoms with E-state index in [4.69, 9.17) is 16.3 Å². The van der Waals surface area contributed by atoms with Gasteiger partial charge in [0.05, 0.1) is 6.61 Å². The lowest BCUT2D eigenvalue weighted by molar-refractivity contribution is 0.00971. The number of rotatable bonds is 1. The van der Waals surface area contributed by atoms with Crippen LogP contribution in [0.1, 0.15) is 23.6 Å². The highest BCUT2D eigenvalue weighted by Gasteiger charge is 2.36. The van der Waals surface area contributed by atoms with Crippen molar-refractivity contribution in [3.63, 3.8) is 0 Å². The van der Waals surface area contributed by atoms with Crippen LogP contribution in [-0.2, 0) is 16.9 Å². The van der Waals surface area contributed by atoms with Crippen molar-refractivity contribution < 1.29 is 4.74 Å². The molecule has 2 aromatic carbocycles. The van der Waals surface area contributed by atoms with Crippen molar-refractivity contribution in [1.29, 1.82) is 0 Å². The highest BCUT2D eigenvalue weighted by atomic mass is 35.5. The maximum Gasteiger partial charge on any atom is 0.116 e. The maximum atomic E-state index is 5.99. The lowest BCUT2D eigenvalue weighted by atomic mass is 9.87. The summed E-state index contributed by atoms with van der Waals surface area (Å²) in [5.41, 5.74) is 3.32. The molecule has 2 aromatic rings. The minimum absolute atomic E-state index is 0.346. The van der Waals surface area contributed by atoms with Gasteiger partial charge in [0.15, 0.2) is 0 Å². The average Bonchev–Trinajstić information content (AvgIpc) is 2.70. The molecule has 0 radical (unpaired) electrons. The average molecular weight is 245 g/mol. The monoisotopic (exact) mass is 244 g/mol. The Bertz CT molecular complexity index is 547. The van der Waals surface area contributed by atoms with Crippen molar-refractivity contribution >= 4 is 11.6 Å². The van der Waals surface area contributed by atoms with Gasteiger partial charge in [-0.1, -0.05) is 48.0 Å². The van der Waals surface area contributed by atoms with Crippen LogP contribution in [0.3, 0.4) is 0 Å². The second-order valence-corrected chi connectivity index (χ2v) is 4.92. The van der Waals surface area contributed by atoms with Gasteiger partial charge in [-0.2, -0.15) is 0 Å². The molecule has 0 saturated carbocycles. The molecule has 17 heavy (non-hydrogen) atoms. The first-order valence-corrected chi connectivity index (χ1v) is 6.06. The van der Waals surface area contributed by atoms with Gasteiger partial charge in [-0.3, -0.25) is 0 Å². The molecule has 1 nitrogen and oxygen atoms in total. The Morgan fingerprint density at radius 3 is 2.53 bits per heavy atom. The predicted molar refractivity (Wildman–Crippen MR) is 69.1 cm³/mol.